The number of rotatable bonds is 5. The van der Waals surface area contributed by atoms with Crippen molar-refractivity contribution in [2.24, 2.45) is 0 Å². The average molecular weight is 476 g/mol. The second kappa shape index (κ2) is 10.8. The van der Waals surface area contributed by atoms with Crippen molar-refractivity contribution in [1.29, 1.82) is 0 Å². The Balaban J connectivity index is 1.07. The van der Waals surface area contributed by atoms with E-state index in [0.29, 0.717) is 0 Å². The van der Waals surface area contributed by atoms with Crippen LogP contribution in [-0.2, 0) is 19.4 Å². The van der Waals surface area contributed by atoms with Gasteiger partial charge in [-0.05, 0) is 43.7 Å². The third kappa shape index (κ3) is 5.31. The highest BCUT2D eigenvalue weighted by atomic mass is 15.3. The van der Waals surface area contributed by atoms with Crippen LogP contribution in [0.4, 0.5) is 11.6 Å². The van der Waals surface area contributed by atoms with Gasteiger partial charge >= 0.3 is 0 Å². The first-order chi connectivity index (χ1) is 17.3. The van der Waals surface area contributed by atoms with Gasteiger partial charge in [-0.25, -0.2) is 15.0 Å². The SMILES string of the molecule is c1nc2c(c(N3CCN(C4CCCCC4)CC3)n1)CCN(Cc1ccc(N3CCCC3)nc1)CC2. The number of hydrogen-bond donors (Lipinski definition) is 0. The monoisotopic (exact) mass is 475 g/mol. The number of aromatic nitrogens is 3. The van der Waals surface area contributed by atoms with Crippen molar-refractivity contribution in [2.75, 3.05) is 62.2 Å². The maximum absolute atomic E-state index is 4.81. The molecule has 3 aliphatic heterocycles. The van der Waals surface area contributed by atoms with Crippen LogP contribution in [0, 0.1) is 0 Å². The van der Waals surface area contributed by atoms with E-state index in [4.69, 9.17) is 15.0 Å². The van der Waals surface area contributed by atoms with Crippen molar-refractivity contribution < 1.29 is 0 Å². The van der Waals surface area contributed by atoms with Crippen LogP contribution < -0.4 is 9.80 Å². The zero-order valence-electron chi connectivity index (χ0n) is 21.2. The van der Waals surface area contributed by atoms with E-state index in [2.05, 4.69) is 37.9 Å². The molecule has 2 saturated heterocycles. The largest absolute Gasteiger partial charge is 0.357 e. The molecular formula is C28H41N7. The molecule has 0 bridgehead atoms. The summed E-state index contributed by atoms with van der Waals surface area (Å²) in [4.78, 5) is 24.6. The summed E-state index contributed by atoms with van der Waals surface area (Å²) in [7, 11) is 0. The molecule has 5 heterocycles. The summed E-state index contributed by atoms with van der Waals surface area (Å²) in [5.41, 5.74) is 3.96. The minimum atomic E-state index is 0.820. The van der Waals surface area contributed by atoms with E-state index in [1.54, 1.807) is 6.33 Å². The van der Waals surface area contributed by atoms with Crippen molar-refractivity contribution >= 4 is 11.6 Å². The van der Waals surface area contributed by atoms with Crippen molar-refractivity contribution in [3.63, 3.8) is 0 Å². The molecule has 4 aliphatic rings. The third-order valence-electron chi connectivity index (χ3n) is 8.70. The number of hydrogen-bond acceptors (Lipinski definition) is 7. The number of pyridine rings is 1. The molecule has 2 aromatic heterocycles. The lowest BCUT2D eigenvalue weighted by Crippen LogP contribution is -2.51. The molecule has 188 valence electrons. The molecule has 1 aliphatic carbocycles. The number of anilines is 2. The first-order valence-electron chi connectivity index (χ1n) is 14.1. The molecule has 7 nitrogen and oxygen atoms in total. The van der Waals surface area contributed by atoms with Crippen LogP contribution in [0.3, 0.4) is 0 Å². The Kier molecular flexibility index (Phi) is 7.14. The summed E-state index contributed by atoms with van der Waals surface area (Å²) < 4.78 is 0. The van der Waals surface area contributed by atoms with Gasteiger partial charge < -0.3 is 9.80 Å². The third-order valence-corrected chi connectivity index (χ3v) is 8.70. The van der Waals surface area contributed by atoms with Crippen molar-refractivity contribution in [3.8, 4) is 0 Å². The van der Waals surface area contributed by atoms with E-state index < -0.39 is 0 Å². The fourth-order valence-corrected chi connectivity index (χ4v) is 6.63. The molecule has 0 spiro atoms. The quantitative estimate of drug-likeness (QED) is 0.656. The molecule has 6 rings (SSSR count). The topological polar surface area (TPSA) is 51.6 Å². The van der Waals surface area contributed by atoms with Gasteiger partial charge in [0.15, 0.2) is 0 Å². The number of piperazine rings is 1. The summed E-state index contributed by atoms with van der Waals surface area (Å²) in [5.74, 6) is 2.34. The molecule has 0 atom stereocenters. The van der Waals surface area contributed by atoms with Crippen molar-refractivity contribution in [1.82, 2.24) is 24.8 Å². The number of fused-ring (bicyclic) bond motifs is 1. The fraction of sp³-hybridized carbons (Fsp3) is 0.679. The van der Waals surface area contributed by atoms with Crippen LogP contribution in [0.5, 0.6) is 0 Å². The summed E-state index contributed by atoms with van der Waals surface area (Å²) >= 11 is 0. The zero-order valence-corrected chi connectivity index (χ0v) is 21.2. The molecule has 7 heteroatoms. The first kappa shape index (κ1) is 23.2. The molecule has 0 radical (unpaired) electrons. The minimum Gasteiger partial charge on any atom is -0.357 e. The Morgan fingerprint density at radius 3 is 2.29 bits per heavy atom. The highest BCUT2D eigenvalue weighted by molar-refractivity contribution is 5.50. The highest BCUT2D eigenvalue weighted by Gasteiger charge is 2.28. The van der Waals surface area contributed by atoms with Gasteiger partial charge in [-0.2, -0.15) is 0 Å². The van der Waals surface area contributed by atoms with E-state index in [9.17, 15) is 0 Å². The molecule has 0 amide bonds. The zero-order chi connectivity index (χ0) is 23.5. The van der Waals surface area contributed by atoms with Crippen LogP contribution in [0.25, 0.3) is 0 Å². The lowest BCUT2D eigenvalue weighted by Gasteiger charge is -2.41. The predicted octanol–water partition coefficient (Wildman–Crippen LogP) is 3.53. The van der Waals surface area contributed by atoms with Gasteiger partial charge in [0, 0.05) is 83.1 Å². The molecule has 3 fully saturated rings. The Morgan fingerprint density at radius 2 is 1.51 bits per heavy atom. The Labute approximate surface area is 210 Å². The second-order valence-corrected chi connectivity index (χ2v) is 10.9. The Hall–Kier alpha value is -2.25. The molecule has 0 aromatic carbocycles. The predicted molar refractivity (Wildman–Crippen MR) is 141 cm³/mol. The summed E-state index contributed by atoms with van der Waals surface area (Å²) in [6.07, 6.45) is 15.6. The van der Waals surface area contributed by atoms with E-state index >= 15 is 0 Å². The van der Waals surface area contributed by atoms with Gasteiger partial charge in [0.05, 0.1) is 5.69 Å². The molecular weight excluding hydrogens is 434 g/mol. The summed E-state index contributed by atoms with van der Waals surface area (Å²) in [6, 6.07) is 5.31. The van der Waals surface area contributed by atoms with Crippen LogP contribution in [0.1, 0.15) is 61.8 Å². The minimum absolute atomic E-state index is 0.820. The first-order valence-corrected chi connectivity index (χ1v) is 14.1. The van der Waals surface area contributed by atoms with Gasteiger partial charge in [0.25, 0.3) is 0 Å². The van der Waals surface area contributed by atoms with Crippen LogP contribution >= 0.6 is 0 Å². The molecule has 2 aromatic rings. The number of nitrogens with zero attached hydrogens (tertiary/aromatic N) is 7. The van der Waals surface area contributed by atoms with E-state index in [1.165, 1.54) is 80.7 Å². The lowest BCUT2D eigenvalue weighted by molar-refractivity contribution is 0.147. The fourth-order valence-electron chi connectivity index (χ4n) is 6.63. The Bertz CT molecular complexity index is 958. The average Bonchev–Trinajstić information content (AvgIpc) is 3.39. The molecule has 0 N–H and O–H groups in total. The normalized spacial score (nSPS) is 22.9. The maximum atomic E-state index is 4.81. The lowest BCUT2D eigenvalue weighted by atomic mass is 9.94. The molecule has 0 unspecified atom stereocenters. The van der Waals surface area contributed by atoms with Gasteiger partial charge in [-0.1, -0.05) is 25.3 Å². The van der Waals surface area contributed by atoms with E-state index in [1.807, 2.05) is 0 Å². The van der Waals surface area contributed by atoms with Crippen LogP contribution in [0.2, 0.25) is 0 Å². The smallest absolute Gasteiger partial charge is 0.135 e. The van der Waals surface area contributed by atoms with Gasteiger partial charge in [0.1, 0.15) is 18.0 Å². The van der Waals surface area contributed by atoms with Gasteiger partial charge in [-0.15, -0.1) is 0 Å². The standard InChI is InChI=1S/C28H41N7/c1-2-6-24(7-3-1)33-16-18-35(19-17-33)28-25-10-14-32(15-11-26(25)30-22-31-28)21-23-8-9-27(29-20-23)34-12-4-5-13-34/h8-9,20,22,24H,1-7,10-19,21H2. The molecule has 35 heavy (non-hydrogen) atoms. The van der Waals surface area contributed by atoms with E-state index in [0.717, 1.165) is 70.5 Å². The van der Waals surface area contributed by atoms with Crippen molar-refractivity contribution in [2.45, 2.75) is 70.4 Å². The van der Waals surface area contributed by atoms with Crippen molar-refractivity contribution in [3.05, 3.63) is 41.5 Å². The molecule has 1 saturated carbocycles. The van der Waals surface area contributed by atoms with Gasteiger partial charge in [-0.3, -0.25) is 9.80 Å². The second-order valence-electron chi connectivity index (χ2n) is 10.9. The summed E-state index contributed by atoms with van der Waals surface area (Å²) in [5, 5.41) is 0. The summed E-state index contributed by atoms with van der Waals surface area (Å²) in [6.45, 7) is 9.91. The van der Waals surface area contributed by atoms with Crippen LogP contribution in [0.15, 0.2) is 24.7 Å². The van der Waals surface area contributed by atoms with Gasteiger partial charge in [0.2, 0.25) is 0 Å². The maximum Gasteiger partial charge on any atom is 0.135 e. The van der Waals surface area contributed by atoms with E-state index in [-0.39, 0.29) is 0 Å². The van der Waals surface area contributed by atoms with Crippen LogP contribution in [-0.4, -0.2) is 83.2 Å². The highest BCUT2D eigenvalue weighted by Crippen LogP contribution is 2.28. The Morgan fingerprint density at radius 1 is 0.714 bits per heavy atom.